The largest absolute Gasteiger partial charge is 0.492 e. The summed E-state index contributed by atoms with van der Waals surface area (Å²) < 4.78 is 5.44. The van der Waals surface area contributed by atoms with E-state index in [9.17, 15) is 10.1 Å². The van der Waals surface area contributed by atoms with Gasteiger partial charge in [0, 0.05) is 17.5 Å². The summed E-state index contributed by atoms with van der Waals surface area (Å²) in [4.78, 5) is 9.99. The van der Waals surface area contributed by atoms with Gasteiger partial charge in [0.2, 0.25) is 0 Å². The number of nitro groups is 1. The van der Waals surface area contributed by atoms with Gasteiger partial charge in [0.15, 0.2) is 0 Å². The van der Waals surface area contributed by atoms with Crippen LogP contribution >= 0.6 is 27.5 Å². The van der Waals surface area contributed by atoms with Crippen molar-refractivity contribution in [3.63, 3.8) is 0 Å². The highest BCUT2D eigenvalue weighted by Gasteiger charge is 2.10. The van der Waals surface area contributed by atoms with Crippen molar-refractivity contribution >= 4 is 33.2 Å². The molecule has 0 bridgehead atoms. The zero-order valence-electron chi connectivity index (χ0n) is 8.65. The Labute approximate surface area is 107 Å². The highest BCUT2D eigenvalue weighted by Crippen LogP contribution is 2.28. The van der Waals surface area contributed by atoms with Crippen LogP contribution in [0.3, 0.4) is 0 Å². The van der Waals surface area contributed by atoms with E-state index in [1.165, 1.54) is 18.2 Å². The Morgan fingerprint density at radius 1 is 1.62 bits per heavy atom. The molecule has 0 saturated carbocycles. The lowest BCUT2D eigenvalue weighted by Gasteiger charge is -2.11. The molecule has 0 heterocycles. The van der Waals surface area contributed by atoms with Crippen molar-refractivity contribution in [2.45, 2.75) is 6.92 Å². The quantitative estimate of drug-likeness (QED) is 0.474. The zero-order chi connectivity index (χ0) is 12.1. The summed E-state index contributed by atoms with van der Waals surface area (Å²) >= 11 is 9.19. The van der Waals surface area contributed by atoms with Crippen molar-refractivity contribution < 1.29 is 9.66 Å². The summed E-state index contributed by atoms with van der Waals surface area (Å²) in [5, 5.41) is 11.6. The van der Waals surface area contributed by atoms with E-state index in [0.717, 1.165) is 5.33 Å². The fraction of sp³-hybridized carbons (Fsp3) is 0.400. The van der Waals surface area contributed by atoms with Crippen molar-refractivity contribution in [1.82, 2.24) is 0 Å². The maximum atomic E-state index is 10.5. The molecule has 0 aliphatic rings. The second-order valence-electron chi connectivity index (χ2n) is 3.44. The van der Waals surface area contributed by atoms with E-state index in [4.69, 9.17) is 16.3 Å². The SMILES string of the molecule is CC(CBr)COc1ccc([N+](=O)[O-])cc1Cl. The van der Waals surface area contributed by atoms with Gasteiger partial charge in [0.1, 0.15) is 5.75 Å². The van der Waals surface area contributed by atoms with Gasteiger partial charge in [-0.1, -0.05) is 34.5 Å². The van der Waals surface area contributed by atoms with Crippen LogP contribution in [0.1, 0.15) is 6.92 Å². The Kier molecular flexibility index (Phi) is 5.02. The third-order valence-corrected chi connectivity index (χ3v) is 3.31. The van der Waals surface area contributed by atoms with Crippen LogP contribution in [0.15, 0.2) is 18.2 Å². The Balaban J connectivity index is 2.72. The van der Waals surface area contributed by atoms with Gasteiger partial charge in [0.05, 0.1) is 16.6 Å². The van der Waals surface area contributed by atoms with E-state index >= 15 is 0 Å². The highest BCUT2D eigenvalue weighted by atomic mass is 79.9. The number of ether oxygens (including phenoxy) is 1. The van der Waals surface area contributed by atoms with Crippen LogP contribution in [-0.2, 0) is 0 Å². The van der Waals surface area contributed by atoms with Crippen molar-refractivity contribution in [1.29, 1.82) is 0 Å². The first-order valence-corrected chi connectivity index (χ1v) is 6.17. The molecule has 6 heteroatoms. The molecule has 16 heavy (non-hydrogen) atoms. The van der Waals surface area contributed by atoms with Crippen molar-refractivity contribution in [3.05, 3.63) is 33.3 Å². The fourth-order valence-corrected chi connectivity index (χ4v) is 1.41. The van der Waals surface area contributed by atoms with Gasteiger partial charge in [-0.25, -0.2) is 0 Å². The topological polar surface area (TPSA) is 52.4 Å². The van der Waals surface area contributed by atoms with Crippen molar-refractivity contribution in [2.75, 3.05) is 11.9 Å². The highest BCUT2D eigenvalue weighted by molar-refractivity contribution is 9.09. The minimum absolute atomic E-state index is 0.0362. The predicted octanol–water partition coefficient (Wildman–Crippen LogP) is 3.66. The summed E-state index contributed by atoms with van der Waals surface area (Å²) in [6, 6.07) is 4.18. The number of nitrogens with zero attached hydrogens (tertiary/aromatic N) is 1. The fourth-order valence-electron chi connectivity index (χ4n) is 0.997. The van der Waals surface area contributed by atoms with Crippen LogP contribution in [0.5, 0.6) is 5.75 Å². The van der Waals surface area contributed by atoms with Crippen LogP contribution in [0.25, 0.3) is 0 Å². The van der Waals surface area contributed by atoms with Gasteiger partial charge < -0.3 is 4.74 Å². The Morgan fingerprint density at radius 3 is 2.81 bits per heavy atom. The van der Waals surface area contributed by atoms with Gasteiger partial charge in [0.25, 0.3) is 5.69 Å². The number of nitro benzene ring substituents is 1. The molecule has 4 nitrogen and oxygen atoms in total. The molecule has 0 fully saturated rings. The molecule has 1 aromatic carbocycles. The molecule has 1 rings (SSSR count). The lowest BCUT2D eigenvalue weighted by atomic mass is 10.2. The standard InChI is InChI=1S/C10H11BrClNO3/c1-7(5-11)6-16-10-3-2-8(13(14)15)4-9(10)12/h2-4,7H,5-6H2,1H3. The predicted molar refractivity (Wildman–Crippen MR) is 66.6 cm³/mol. The molecule has 0 spiro atoms. The van der Waals surface area contributed by atoms with Gasteiger partial charge >= 0.3 is 0 Å². The third kappa shape index (κ3) is 3.64. The molecule has 0 radical (unpaired) electrons. The molecule has 0 saturated heterocycles. The molecule has 0 aliphatic carbocycles. The lowest BCUT2D eigenvalue weighted by Crippen LogP contribution is -2.09. The van der Waals surface area contributed by atoms with Gasteiger partial charge in [-0.3, -0.25) is 10.1 Å². The van der Waals surface area contributed by atoms with E-state index < -0.39 is 4.92 Å². The van der Waals surface area contributed by atoms with Gasteiger partial charge in [-0.2, -0.15) is 0 Å². The number of hydrogen-bond donors (Lipinski definition) is 0. The van der Waals surface area contributed by atoms with E-state index in [1.54, 1.807) is 0 Å². The third-order valence-electron chi connectivity index (χ3n) is 1.91. The Morgan fingerprint density at radius 2 is 2.31 bits per heavy atom. The van der Waals surface area contributed by atoms with Gasteiger partial charge in [-0.15, -0.1) is 0 Å². The maximum Gasteiger partial charge on any atom is 0.271 e. The lowest BCUT2D eigenvalue weighted by molar-refractivity contribution is -0.384. The summed E-state index contributed by atoms with van der Waals surface area (Å²) in [5.41, 5.74) is -0.0362. The van der Waals surface area contributed by atoms with Crippen LogP contribution in [-0.4, -0.2) is 16.9 Å². The number of alkyl halides is 1. The Bertz CT molecular complexity index is 386. The molecule has 1 unspecified atom stereocenters. The molecule has 88 valence electrons. The first-order chi connectivity index (χ1) is 7.54. The molecular formula is C10H11BrClNO3. The maximum absolute atomic E-state index is 10.5. The molecule has 0 N–H and O–H groups in total. The monoisotopic (exact) mass is 307 g/mol. The summed E-state index contributed by atoms with van der Waals surface area (Å²) in [6.07, 6.45) is 0. The average molecular weight is 309 g/mol. The average Bonchev–Trinajstić information content (AvgIpc) is 2.26. The molecule has 1 aromatic rings. The number of non-ortho nitro benzene ring substituents is 1. The first-order valence-electron chi connectivity index (χ1n) is 4.67. The molecule has 0 aliphatic heterocycles. The van der Waals surface area contributed by atoms with Crippen LogP contribution in [0.2, 0.25) is 5.02 Å². The first kappa shape index (κ1) is 13.3. The van der Waals surface area contributed by atoms with Gasteiger partial charge in [-0.05, 0) is 12.0 Å². The summed E-state index contributed by atoms with van der Waals surface area (Å²) in [7, 11) is 0. The van der Waals surface area contributed by atoms with E-state index in [1.807, 2.05) is 6.92 Å². The second-order valence-corrected chi connectivity index (χ2v) is 4.50. The smallest absolute Gasteiger partial charge is 0.271 e. The molecule has 0 amide bonds. The number of benzene rings is 1. The van der Waals surface area contributed by atoms with Crippen LogP contribution < -0.4 is 4.74 Å². The van der Waals surface area contributed by atoms with E-state index in [2.05, 4.69) is 15.9 Å². The zero-order valence-corrected chi connectivity index (χ0v) is 11.0. The summed E-state index contributed by atoms with van der Waals surface area (Å²) in [6.45, 7) is 2.54. The van der Waals surface area contributed by atoms with Crippen molar-refractivity contribution in [3.8, 4) is 5.75 Å². The minimum atomic E-state index is -0.489. The molecular weight excluding hydrogens is 297 g/mol. The summed E-state index contributed by atoms with van der Waals surface area (Å²) in [5.74, 6) is 0.825. The van der Waals surface area contributed by atoms with Crippen molar-refractivity contribution in [2.24, 2.45) is 5.92 Å². The minimum Gasteiger partial charge on any atom is -0.492 e. The number of rotatable bonds is 5. The van der Waals surface area contributed by atoms with E-state index in [-0.39, 0.29) is 10.7 Å². The number of halogens is 2. The van der Waals surface area contributed by atoms with Crippen LogP contribution in [0, 0.1) is 16.0 Å². The normalized spacial score (nSPS) is 12.2. The van der Waals surface area contributed by atoms with E-state index in [0.29, 0.717) is 18.3 Å². The van der Waals surface area contributed by atoms with Crippen LogP contribution in [0.4, 0.5) is 5.69 Å². The number of hydrogen-bond acceptors (Lipinski definition) is 3. The molecule has 1 atom stereocenters. The Hall–Kier alpha value is -0.810. The second kappa shape index (κ2) is 6.06. The molecule has 0 aromatic heterocycles.